The third-order valence-electron chi connectivity index (χ3n) is 4.93. The minimum Gasteiger partial charge on any atom is -0.349 e. The summed E-state index contributed by atoms with van der Waals surface area (Å²) in [5.41, 5.74) is 5.17. The largest absolute Gasteiger partial charge is 0.349 e. The molecule has 2 aromatic rings. The van der Waals surface area contributed by atoms with E-state index in [4.69, 9.17) is 0 Å². The number of thioether (sulfide) groups is 1. The fraction of sp³-hybridized carbons (Fsp3) is 0.409. The van der Waals surface area contributed by atoms with Crippen molar-refractivity contribution in [2.45, 2.75) is 50.8 Å². The maximum Gasteiger partial charge on any atom is 0.230 e. The SMILES string of the molecule is CC[C@@H](NC(=O)CSCc1ccc(F)cc1)c1ccc2c(c1)CCCC2. The Morgan fingerprint density at radius 2 is 1.85 bits per heavy atom. The lowest BCUT2D eigenvalue weighted by molar-refractivity contribution is -0.119. The molecule has 2 nitrogen and oxygen atoms in total. The van der Waals surface area contributed by atoms with Crippen LogP contribution in [0, 0.1) is 5.82 Å². The van der Waals surface area contributed by atoms with Crippen LogP contribution in [0.25, 0.3) is 0 Å². The summed E-state index contributed by atoms with van der Waals surface area (Å²) in [5, 5.41) is 3.17. The molecule has 1 amide bonds. The quantitative estimate of drug-likeness (QED) is 0.724. The summed E-state index contributed by atoms with van der Waals surface area (Å²) in [7, 11) is 0. The van der Waals surface area contributed by atoms with Crippen LogP contribution >= 0.6 is 11.8 Å². The summed E-state index contributed by atoms with van der Waals surface area (Å²) in [6, 6.07) is 13.2. The molecule has 0 spiro atoms. The van der Waals surface area contributed by atoms with Crippen molar-refractivity contribution in [1.82, 2.24) is 5.32 Å². The molecule has 0 aliphatic heterocycles. The van der Waals surface area contributed by atoms with Crippen LogP contribution in [0.4, 0.5) is 4.39 Å². The summed E-state index contributed by atoms with van der Waals surface area (Å²) in [5.74, 6) is 0.955. The van der Waals surface area contributed by atoms with Crippen LogP contribution in [0.5, 0.6) is 0 Å². The highest BCUT2D eigenvalue weighted by Crippen LogP contribution is 2.26. The van der Waals surface area contributed by atoms with Crippen molar-refractivity contribution in [3.05, 3.63) is 70.5 Å². The van der Waals surface area contributed by atoms with Gasteiger partial charge in [0.05, 0.1) is 11.8 Å². The lowest BCUT2D eigenvalue weighted by Crippen LogP contribution is -2.29. The molecule has 1 atom stereocenters. The number of hydrogen-bond donors (Lipinski definition) is 1. The van der Waals surface area contributed by atoms with E-state index >= 15 is 0 Å². The molecule has 1 aliphatic carbocycles. The second-order valence-corrected chi connectivity index (χ2v) is 7.87. The molecule has 0 fully saturated rings. The van der Waals surface area contributed by atoms with Gasteiger partial charge in [-0.05, 0) is 66.5 Å². The Bertz CT molecular complexity index is 744. The van der Waals surface area contributed by atoms with Crippen molar-refractivity contribution >= 4 is 17.7 Å². The molecule has 0 unspecified atom stereocenters. The molecule has 2 aromatic carbocycles. The number of benzene rings is 2. The predicted molar refractivity (Wildman–Crippen MR) is 107 cm³/mol. The van der Waals surface area contributed by atoms with Crippen LogP contribution in [0.15, 0.2) is 42.5 Å². The van der Waals surface area contributed by atoms with Gasteiger partial charge >= 0.3 is 0 Å². The Morgan fingerprint density at radius 3 is 2.58 bits per heavy atom. The van der Waals surface area contributed by atoms with E-state index in [1.54, 1.807) is 23.9 Å². The zero-order valence-corrected chi connectivity index (χ0v) is 16.1. The zero-order valence-electron chi connectivity index (χ0n) is 15.3. The van der Waals surface area contributed by atoms with E-state index in [2.05, 4.69) is 30.4 Å². The highest BCUT2D eigenvalue weighted by molar-refractivity contribution is 7.99. The Hall–Kier alpha value is -1.81. The van der Waals surface area contributed by atoms with Crippen molar-refractivity contribution in [2.24, 2.45) is 0 Å². The van der Waals surface area contributed by atoms with Gasteiger partial charge in [0.1, 0.15) is 5.82 Å². The Morgan fingerprint density at radius 1 is 1.12 bits per heavy atom. The van der Waals surface area contributed by atoms with Crippen molar-refractivity contribution in [2.75, 3.05) is 5.75 Å². The highest BCUT2D eigenvalue weighted by atomic mass is 32.2. The molecule has 4 heteroatoms. The first-order valence-corrected chi connectivity index (χ1v) is 10.5. The van der Waals surface area contributed by atoms with Crippen LogP contribution in [0.2, 0.25) is 0 Å². The first-order valence-electron chi connectivity index (χ1n) is 9.39. The smallest absolute Gasteiger partial charge is 0.230 e. The molecule has 0 saturated heterocycles. The first kappa shape index (κ1) is 19.0. The normalized spacial score (nSPS) is 14.5. The summed E-state index contributed by atoms with van der Waals surface area (Å²) in [4.78, 5) is 12.3. The topological polar surface area (TPSA) is 29.1 Å². The fourth-order valence-corrected chi connectivity index (χ4v) is 4.27. The average molecular weight is 372 g/mol. The minimum atomic E-state index is -0.229. The van der Waals surface area contributed by atoms with Crippen LogP contribution in [-0.2, 0) is 23.4 Å². The van der Waals surface area contributed by atoms with E-state index in [9.17, 15) is 9.18 Å². The maximum absolute atomic E-state index is 12.9. The Labute approximate surface area is 159 Å². The average Bonchev–Trinajstić information content (AvgIpc) is 2.67. The number of fused-ring (bicyclic) bond motifs is 1. The molecule has 3 rings (SSSR count). The van der Waals surface area contributed by atoms with Gasteiger partial charge in [-0.15, -0.1) is 11.8 Å². The van der Waals surface area contributed by atoms with Crippen LogP contribution in [-0.4, -0.2) is 11.7 Å². The minimum absolute atomic E-state index is 0.0571. The lowest BCUT2D eigenvalue weighted by Gasteiger charge is -2.21. The standard InChI is InChI=1S/C22H26FNOS/c1-2-21(19-10-9-17-5-3-4-6-18(17)13-19)24-22(25)15-26-14-16-7-11-20(23)12-8-16/h7-13,21H,2-6,14-15H2,1H3,(H,24,25)/t21-/m1/s1. The number of amides is 1. The number of carbonyl (C=O) groups is 1. The molecule has 0 aromatic heterocycles. The van der Waals surface area contributed by atoms with Crippen LogP contribution in [0.1, 0.15) is 54.5 Å². The number of aryl methyl sites for hydroxylation is 2. The van der Waals surface area contributed by atoms with Crippen molar-refractivity contribution in [3.63, 3.8) is 0 Å². The van der Waals surface area contributed by atoms with Gasteiger partial charge in [-0.2, -0.15) is 0 Å². The highest BCUT2D eigenvalue weighted by Gasteiger charge is 2.16. The maximum atomic E-state index is 12.9. The van der Waals surface area contributed by atoms with Gasteiger partial charge in [-0.3, -0.25) is 4.79 Å². The molecular formula is C22H26FNOS. The van der Waals surface area contributed by atoms with E-state index in [1.165, 1.54) is 48.1 Å². The summed E-state index contributed by atoms with van der Waals surface area (Å²) in [6.45, 7) is 2.11. The molecule has 26 heavy (non-hydrogen) atoms. The number of rotatable bonds is 7. The molecule has 1 N–H and O–H groups in total. The van der Waals surface area contributed by atoms with Gasteiger partial charge in [0.15, 0.2) is 0 Å². The second-order valence-electron chi connectivity index (χ2n) is 6.88. The zero-order chi connectivity index (χ0) is 18.4. The predicted octanol–water partition coefficient (Wildman–Crippen LogP) is 5.21. The Kier molecular flexibility index (Phi) is 6.73. The summed E-state index contributed by atoms with van der Waals surface area (Å²) >= 11 is 1.56. The fourth-order valence-electron chi connectivity index (χ4n) is 3.47. The monoisotopic (exact) mass is 371 g/mol. The third kappa shape index (κ3) is 5.10. The van der Waals surface area contributed by atoms with Gasteiger partial charge in [0.2, 0.25) is 5.91 Å². The van der Waals surface area contributed by atoms with Crippen molar-refractivity contribution < 1.29 is 9.18 Å². The van der Waals surface area contributed by atoms with Crippen LogP contribution < -0.4 is 5.32 Å². The summed E-state index contributed by atoms with van der Waals surface area (Å²) < 4.78 is 12.9. The van der Waals surface area contributed by atoms with Gasteiger partial charge in [0.25, 0.3) is 0 Å². The molecular weight excluding hydrogens is 345 g/mol. The van der Waals surface area contributed by atoms with Gasteiger partial charge in [-0.25, -0.2) is 4.39 Å². The Balaban J connectivity index is 1.52. The van der Waals surface area contributed by atoms with E-state index in [-0.39, 0.29) is 17.8 Å². The summed E-state index contributed by atoms with van der Waals surface area (Å²) in [6.07, 6.45) is 5.76. The molecule has 138 valence electrons. The number of carbonyl (C=O) groups excluding carboxylic acids is 1. The van der Waals surface area contributed by atoms with Crippen LogP contribution in [0.3, 0.4) is 0 Å². The van der Waals surface area contributed by atoms with Gasteiger partial charge in [0, 0.05) is 5.75 Å². The van der Waals surface area contributed by atoms with E-state index in [0.717, 1.165) is 18.4 Å². The van der Waals surface area contributed by atoms with Gasteiger partial charge < -0.3 is 5.32 Å². The number of hydrogen-bond acceptors (Lipinski definition) is 2. The number of halogens is 1. The lowest BCUT2D eigenvalue weighted by atomic mass is 9.89. The molecule has 1 aliphatic rings. The van der Waals surface area contributed by atoms with E-state index in [1.807, 2.05) is 0 Å². The molecule has 0 heterocycles. The molecule has 0 radical (unpaired) electrons. The first-order chi connectivity index (χ1) is 12.7. The molecule has 0 saturated carbocycles. The van der Waals surface area contributed by atoms with Crippen molar-refractivity contribution in [3.8, 4) is 0 Å². The van der Waals surface area contributed by atoms with E-state index < -0.39 is 0 Å². The van der Waals surface area contributed by atoms with Crippen molar-refractivity contribution in [1.29, 1.82) is 0 Å². The van der Waals surface area contributed by atoms with Gasteiger partial charge in [-0.1, -0.05) is 37.3 Å². The van der Waals surface area contributed by atoms with E-state index in [0.29, 0.717) is 11.5 Å². The molecule has 0 bridgehead atoms. The second kappa shape index (κ2) is 9.22. The number of nitrogens with one attached hydrogen (secondary N) is 1. The third-order valence-corrected chi connectivity index (χ3v) is 5.94.